The van der Waals surface area contributed by atoms with Crippen molar-refractivity contribution in [1.82, 2.24) is 9.97 Å². The molecule has 0 saturated carbocycles. The van der Waals surface area contributed by atoms with Crippen molar-refractivity contribution < 1.29 is 19.1 Å². The van der Waals surface area contributed by atoms with E-state index in [0.29, 0.717) is 45.2 Å². The predicted octanol–water partition coefficient (Wildman–Crippen LogP) is 5.30. The summed E-state index contributed by atoms with van der Waals surface area (Å²) in [6.07, 6.45) is 5.62. The predicted molar refractivity (Wildman–Crippen MR) is 138 cm³/mol. The summed E-state index contributed by atoms with van der Waals surface area (Å²) in [6.45, 7) is 6.52. The van der Waals surface area contributed by atoms with Gasteiger partial charge in [-0.3, -0.25) is 4.98 Å². The lowest BCUT2D eigenvalue weighted by molar-refractivity contribution is -0.986. The Bertz CT molecular complexity index is 1270. The molecule has 1 unspecified atom stereocenters. The van der Waals surface area contributed by atoms with E-state index in [1.54, 1.807) is 20.4 Å². The van der Waals surface area contributed by atoms with E-state index in [1.165, 1.54) is 0 Å². The fourth-order valence-electron chi connectivity index (χ4n) is 6.24. The molecule has 0 radical (unpaired) electrons. The Labute approximate surface area is 215 Å². The number of hydrogen-bond acceptors (Lipinski definition) is 5. The Morgan fingerprint density at radius 1 is 1.23 bits per heavy atom. The van der Waals surface area contributed by atoms with Gasteiger partial charge in [-0.15, -0.1) is 6.58 Å². The van der Waals surface area contributed by atoms with Crippen molar-refractivity contribution in [3.8, 4) is 11.6 Å². The lowest BCUT2D eigenvalue weighted by Crippen LogP contribution is -2.70. The summed E-state index contributed by atoms with van der Waals surface area (Å²) in [5.41, 5.74) is 2.42. The standard InChI is InChI=1S/C27H30Cl2N3O3/c1-4-18-16-32(15-17-11-25(28)31-26(12-17)35-3)10-8-19(18)13-24(32)27(29,33)22-7-9-30-23-6-5-20(34-2)14-21(22)23/h4-7,9,11-12,14,18-19,24,33H,1,8,10,13,15-16H2,2-3H3/q+1/t18-,19-,24-,27-,32?/m0/s1. The molecule has 5 atom stereocenters. The van der Waals surface area contributed by atoms with Crippen molar-refractivity contribution in [1.29, 1.82) is 0 Å². The minimum atomic E-state index is -1.61. The molecule has 6 nitrogen and oxygen atoms in total. The molecule has 1 N–H and O–H groups in total. The van der Waals surface area contributed by atoms with Crippen LogP contribution in [0, 0.1) is 11.8 Å². The van der Waals surface area contributed by atoms with Crippen molar-refractivity contribution in [3.63, 3.8) is 0 Å². The zero-order valence-electron chi connectivity index (χ0n) is 20.0. The SMILES string of the molecule is C=C[C@H]1C[N+]2(Cc3cc(Cl)nc(OC)c3)CC[C@H]1C[C@H]2[C@](O)(Cl)c1ccnc2ccc(OC)cc12. The Balaban J connectivity index is 1.61. The van der Waals surface area contributed by atoms with Gasteiger partial charge in [0, 0.05) is 47.5 Å². The monoisotopic (exact) mass is 514 g/mol. The van der Waals surface area contributed by atoms with Gasteiger partial charge in [-0.2, -0.15) is 0 Å². The van der Waals surface area contributed by atoms with Crippen LogP contribution in [0.25, 0.3) is 10.9 Å². The average molecular weight is 515 g/mol. The van der Waals surface area contributed by atoms with E-state index >= 15 is 0 Å². The summed E-state index contributed by atoms with van der Waals surface area (Å²) >= 11 is 13.5. The molecule has 8 heteroatoms. The molecule has 3 fully saturated rings. The van der Waals surface area contributed by atoms with Gasteiger partial charge in [0.25, 0.3) is 0 Å². The van der Waals surface area contributed by atoms with Gasteiger partial charge < -0.3 is 19.1 Å². The Morgan fingerprint density at radius 3 is 2.80 bits per heavy atom. The zero-order valence-corrected chi connectivity index (χ0v) is 21.5. The van der Waals surface area contributed by atoms with Gasteiger partial charge in [-0.05, 0) is 36.2 Å². The van der Waals surface area contributed by atoms with E-state index in [4.69, 9.17) is 32.7 Å². The number of methoxy groups -OCH3 is 2. The van der Waals surface area contributed by atoms with Crippen LogP contribution in [-0.2, 0) is 11.6 Å². The summed E-state index contributed by atoms with van der Waals surface area (Å²) in [6, 6.07) is 11.0. The molecular weight excluding hydrogens is 485 g/mol. The van der Waals surface area contributed by atoms with E-state index in [0.717, 1.165) is 42.4 Å². The molecular formula is C27H30Cl2N3O3+. The topological polar surface area (TPSA) is 64.5 Å². The highest BCUT2D eigenvalue weighted by molar-refractivity contribution is 6.29. The number of nitrogens with zero attached hydrogens (tertiary/aromatic N) is 3. The number of alkyl halides is 1. The third-order valence-corrected chi connectivity index (χ3v) is 8.57. The number of hydrogen-bond donors (Lipinski definition) is 1. The molecule has 3 aliphatic heterocycles. The van der Waals surface area contributed by atoms with Crippen LogP contribution < -0.4 is 9.47 Å². The first-order chi connectivity index (χ1) is 16.8. The minimum Gasteiger partial charge on any atom is -0.497 e. The third kappa shape index (κ3) is 4.27. The Kier molecular flexibility index (Phi) is 6.43. The van der Waals surface area contributed by atoms with Crippen LogP contribution in [0.2, 0.25) is 5.15 Å². The lowest BCUT2D eigenvalue weighted by Gasteiger charge is -2.59. The summed E-state index contributed by atoms with van der Waals surface area (Å²) < 4.78 is 11.4. The van der Waals surface area contributed by atoms with Gasteiger partial charge in [0.2, 0.25) is 10.9 Å². The van der Waals surface area contributed by atoms with Gasteiger partial charge in [-0.25, -0.2) is 4.98 Å². The van der Waals surface area contributed by atoms with Crippen LogP contribution in [0.3, 0.4) is 0 Å². The summed E-state index contributed by atoms with van der Waals surface area (Å²) in [7, 11) is 3.21. The number of aromatic nitrogens is 2. The smallest absolute Gasteiger partial charge is 0.217 e. The molecule has 2 aromatic heterocycles. The van der Waals surface area contributed by atoms with Crippen molar-refractivity contribution >= 4 is 34.1 Å². The molecule has 3 aliphatic rings. The van der Waals surface area contributed by atoms with Crippen LogP contribution in [-0.4, -0.2) is 52.9 Å². The van der Waals surface area contributed by atoms with Crippen molar-refractivity contribution in [2.75, 3.05) is 27.3 Å². The molecule has 5 heterocycles. The summed E-state index contributed by atoms with van der Waals surface area (Å²) in [5, 5.41) is 11.7. The molecule has 6 rings (SSSR count). The first-order valence-corrected chi connectivity index (χ1v) is 12.6. The Morgan fingerprint density at radius 2 is 2.06 bits per heavy atom. The second-order valence-electron chi connectivity index (χ2n) is 9.74. The number of piperidine rings is 3. The Hall–Kier alpha value is -2.38. The highest BCUT2D eigenvalue weighted by atomic mass is 35.5. The highest BCUT2D eigenvalue weighted by Gasteiger charge is 2.59. The molecule has 0 spiro atoms. The number of aliphatic hydroxyl groups is 1. The quantitative estimate of drug-likeness (QED) is 0.200. The third-order valence-electron chi connectivity index (χ3n) is 7.92. The summed E-state index contributed by atoms with van der Waals surface area (Å²) in [5.74, 6) is 1.96. The van der Waals surface area contributed by atoms with E-state index in [9.17, 15) is 5.11 Å². The molecule has 0 aliphatic carbocycles. The maximum Gasteiger partial charge on any atom is 0.217 e. The second-order valence-corrected chi connectivity index (χ2v) is 10.7. The lowest BCUT2D eigenvalue weighted by atomic mass is 9.71. The van der Waals surface area contributed by atoms with Crippen LogP contribution >= 0.6 is 23.2 Å². The maximum atomic E-state index is 12.1. The van der Waals surface area contributed by atoms with E-state index < -0.39 is 5.06 Å². The van der Waals surface area contributed by atoms with Crippen molar-refractivity contribution in [2.24, 2.45) is 11.8 Å². The number of halogens is 2. The molecule has 0 amide bonds. The number of fused-ring (bicyclic) bond motifs is 4. The van der Waals surface area contributed by atoms with Gasteiger partial charge in [0.15, 0.2) is 0 Å². The maximum absolute atomic E-state index is 12.1. The molecule has 35 heavy (non-hydrogen) atoms. The van der Waals surface area contributed by atoms with Gasteiger partial charge in [0.1, 0.15) is 23.5 Å². The number of ether oxygens (including phenoxy) is 2. The normalized spacial score (nSPS) is 27.4. The van der Waals surface area contributed by atoms with Crippen molar-refractivity contribution in [3.05, 3.63) is 71.5 Å². The fourth-order valence-corrected chi connectivity index (χ4v) is 6.93. The molecule has 2 bridgehead atoms. The number of pyridine rings is 2. The van der Waals surface area contributed by atoms with Gasteiger partial charge >= 0.3 is 0 Å². The largest absolute Gasteiger partial charge is 0.497 e. The zero-order chi connectivity index (χ0) is 24.8. The number of benzene rings is 1. The van der Waals surface area contributed by atoms with E-state index in [2.05, 4.69) is 22.6 Å². The second kappa shape index (κ2) is 9.25. The number of rotatable bonds is 7. The van der Waals surface area contributed by atoms with Gasteiger partial charge in [0.05, 0.1) is 32.8 Å². The first kappa shape index (κ1) is 24.3. The molecule has 3 aromatic rings. The molecule has 184 valence electrons. The van der Waals surface area contributed by atoms with Crippen LogP contribution in [0.15, 0.2) is 55.3 Å². The number of quaternary nitrogens is 1. The van der Waals surface area contributed by atoms with Crippen LogP contribution in [0.4, 0.5) is 0 Å². The average Bonchev–Trinajstić information content (AvgIpc) is 2.87. The first-order valence-electron chi connectivity index (χ1n) is 11.8. The van der Waals surface area contributed by atoms with Crippen LogP contribution in [0.1, 0.15) is 24.0 Å². The molecule has 1 aromatic carbocycles. The molecule has 3 saturated heterocycles. The highest BCUT2D eigenvalue weighted by Crippen LogP contribution is 2.51. The van der Waals surface area contributed by atoms with E-state index in [1.807, 2.05) is 36.4 Å². The fraction of sp³-hybridized carbons (Fsp3) is 0.407. The van der Waals surface area contributed by atoms with E-state index in [-0.39, 0.29) is 6.04 Å². The summed E-state index contributed by atoms with van der Waals surface area (Å²) in [4.78, 5) is 8.71. The minimum absolute atomic E-state index is 0.242. The van der Waals surface area contributed by atoms with Crippen molar-refractivity contribution in [2.45, 2.75) is 30.5 Å². The van der Waals surface area contributed by atoms with Gasteiger partial charge in [-0.1, -0.05) is 29.3 Å². The van der Waals surface area contributed by atoms with Crippen LogP contribution in [0.5, 0.6) is 11.6 Å².